The van der Waals surface area contributed by atoms with Crippen LogP contribution in [0.2, 0.25) is 0 Å². The number of carboxylic acid groups (broad SMARTS) is 1. The van der Waals surface area contributed by atoms with Gasteiger partial charge in [-0.25, -0.2) is 0 Å². The van der Waals surface area contributed by atoms with Crippen LogP contribution in [0, 0.1) is 5.92 Å². The normalized spacial score (nSPS) is 16.2. The first-order valence-electron chi connectivity index (χ1n) is 4.70. The summed E-state index contributed by atoms with van der Waals surface area (Å²) in [6, 6.07) is 0. The molecule has 0 aromatic carbocycles. The number of nitrogens with one attached hydrogen (secondary N) is 1. The van der Waals surface area contributed by atoms with Gasteiger partial charge in [0.25, 0.3) is 0 Å². The second-order valence-corrected chi connectivity index (χ2v) is 3.83. The lowest BCUT2D eigenvalue weighted by atomic mass is 9.87. The van der Waals surface area contributed by atoms with Crippen molar-refractivity contribution < 1.29 is 27.8 Å². The van der Waals surface area contributed by atoms with Gasteiger partial charge < -0.3 is 9.84 Å². The summed E-state index contributed by atoms with van der Waals surface area (Å²) in [6.45, 7) is 1.37. The summed E-state index contributed by atoms with van der Waals surface area (Å²) in [4.78, 5) is 11.1. The van der Waals surface area contributed by atoms with E-state index < -0.39 is 30.1 Å². The molecule has 16 heavy (non-hydrogen) atoms. The first-order chi connectivity index (χ1) is 7.15. The van der Waals surface area contributed by atoms with Crippen molar-refractivity contribution in [2.75, 3.05) is 20.3 Å². The molecular formula is C9H16F3NO3. The maximum Gasteiger partial charge on any atom is 0.401 e. The van der Waals surface area contributed by atoms with Crippen molar-refractivity contribution in [3.63, 3.8) is 0 Å². The highest BCUT2D eigenvalue weighted by Crippen LogP contribution is 2.21. The summed E-state index contributed by atoms with van der Waals surface area (Å²) in [7, 11) is 1.25. The predicted molar refractivity (Wildman–Crippen MR) is 51.1 cm³/mol. The zero-order valence-electron chi connectivity index (χ0n) is 9.39. The Morgan fingerprint density at radius 2 is 1.94 bits per heavy atom. The lowest BCUT2D eigenvalue weighted by Crippen LogP contribution is -2.61. The van der Waals surface area contributed by atoms with E-state index in [1.807, 2.05) is 5.32 Å². The van der Waals surface area contributed by atoms with E-state index in [-0.39, 0.29) is 6.61 Å². The fraction of sp³-hybridized carbons (Fsp3) is 0.889. The summed E-state index contributed by atoms with van der Waals surface area (Å²) >= 11 is 0. The van der Waals surface area contributed by atoms with Crippen molar-refractivity contribution >= 4 is 5.97 Å². The van der Waals surface area contributed by atoms with Gasteiger partial charge >= 0.3 is 12.1 Å². The van der Waals surface area contributed by atoms with Gasteiger partial charge in [0.05, 0.1) is 13.2 Å². The highest BCUT2D eigenvalue weighted by molar-refractivity contribution is 5.79. The molecule has 1 unspecified atom stereocenters. The van der Waals surface area contributed by atoms with Gasteiger partial charge in [-0.3, -0.25) is 10.1 Å². The highest BCUT2D eigenvalue weighted by Gasteiger charge is 2.44. The van der Waals surface area contributed by atoms with Crippen LogP contribution in [-0.4, -0.2) is 43.1 Å². The van der Waals surface area contributed by atoms with Crippen molar-refractivity contribution in [1.29, 1.82) is 0 Å². The molecule has 2 N–H and O–H groups in total. The number of ether oxygens (including phenoxy) is 1. The van der Waals surface area contributed by atoms with Gasteiger partial charge in [0, 0.05) is 7.11 Å². The molecule has 0 radical (unpaired) electrons. The first kappa shape index (κ1) is 15.2. The summed E-state index contributed by atoms with van der Waals surface area (Å²) in [5, 5.41) is 11.0. The molecule has 0 heterocycles. The Morgan fingerprint density at radius 3 is 2.19 bits per heavy atom. The SMILES string of the molecule is COCC(NCC(F)(F)F)(C(=O)O)C(C)C. The van der Waals surface area contributed by atoms with E-state index in [1.165, 1.54) is 21.0 Å². The van der Waals surface area contributed by atoms with Crippen molar-refractivity contribution in [1.82, 2.24) is 5.32 Å². The molecule has 96 valence electrons. The molecule has 0 amide bonds. The summed E-state index contributed by atoms with van der Waals surface area (Å²) in [5.41, 5.74) is -1.72. The Labute approximate surface area is 91.8 Å². The van der Waals surface area contributed by atoms with Crippen LogP contribution in [0.5, 0.6) is 0 Å². The van der Waals surface area contributed by atoms with Gasteiger partial charge in [-0.15, -0.1) is 0 Å². The van der Waals surface area contributed by atoms with Crippen LogP contribution in [0.4, 0.5) is 13.2 Å². The molecule has 0 aliphatic rings. The molecule has 4 nitrogen and oxygen atoms in total. The minimum Gasteiger partial charge on any atom is -0.480 e. The Hall–Kier alpha value is -0.820. The Kier molecular flexibility index (Phi) is 5.21. The average molecular weight is 243 g/mol. The molecule has 1 atom stereocenters. The average Bonchev–Trinajstić information content (AvgIpc) is 2.09. The van der Waals surface area contributed by atoms with Crippen LogP contribution in [-0.2, 0) is 9.53 Å². The van der Waals surface area contributed by atoms with Crippen LogP contribution in [0.25, 0.3) is 0 Å². The Morgan fingerprint density at radius 1 is 1.44 bits per heavy atom. The molecule has 0 rings (SSSR count). The molecule has 0 spiro atoms. The van der Waals surface area contributed by atoms with E-state index >= 15 is 0 Å². The number of aliphatic carboxylic acids is 1. The molecular weight excluding hydrogens is 227 g/mol. The summed E-state index contributed by atoms with van der Waals surface area (Å²) < 4.78 is 40.9. The van der Waals surface area contributed by atoms with Gasteiger partial charge in [-0.2, -0.15) is 13.2 Å². The fourth-order valence-electron chi connectivity index (χ4n) is 1.29. The molecule has 0 aromatic heterocycles. The number of methoxy groups -OCH3 is 1. The third kappa shape index (κ3) is 3.97. The number of rotatable bonds is 6. The van der Waals surface area contributed by atoms with Crippen LogP contribution in [0.15, 0.2) is 0 Å². The lowest BCUT2D eigenvalue weighted by molar-refractivity contribution is -0.156. The molecule has 0 saturated carbocycles. The summed E-state index contributed by atoms with van der Waals surface area (Å²) in [6.07, 6.45) is -4.46. The molecule has 0 saturated heterocycles. The van der Waals surface area contributed by atoms with Crippen molar-refractivity contribution in [3.8, 4) is 0 Å². The quantitative estimate of drug-likeness (QED) is 0.737. The molecule has 0 aromatic rings. The minimum atomic E-state index is -4.46. The first-order valence-corrected chi connectivity index (χ1v) is 4.70. The van der Waals surface area contributed by atoms with E-state index in [1.54, 1.807) is 0 Å². The van der Waals surface area contributed by atoms with E-state index in [0.29, 0.717) is 0 Å². The monoisotopic (exact) mass is 243 g/mol. The molecule has 0 aliphatic heterocycles. The van der Waals surface area contributed by atoms with Crippen LogP contribution in [0.3, 0.4) is 0 Å². The lowest BCUT2D eigenvalue weighted by Gasteiger charge is -2.34. The largest absolute Gasteiger partial charge is 0.480 e. The Balaban J connectivity index is 4.83. The van der Waals surface area contributed by atoms with Gasteiger partial charge in [-0.1, -0.05) is 13.8 Å². The standard InChI is InChI=1S/C9H16F3NO3/c1-6(2)8(5-16-3,7(14)15)13-4-9(10,11)12/h6,13H,4-5H2,1-3H3,(H,14,15). The molecule has 7 heteroatoms. The number of carbonyl (C=O) groups is 1. The molecule has 0 aliphatic carbocycles. The van der Waals surface area contributed by atoms with Crippen LogP contribution >= 0.6 is 0 Å². The van der Waals surface area contributed by atoms with Crippen molar-refractivity contribution in [2.45, 2.75) is 25.6 Å². The maximum absolute atomic E-state index is 12.1. The number of hydrogen-bond acceptors (Lipinski definition) is 3. The second-order valence-electron chi connectivity index (χ2n) is 3.83. The minimum absolute atomic E-state index is 0.323. The van der Waals surface area contributed by atoms with E-state index in [0.717, 1.165) is 0 Å². The van der Waals surface area contributed by atoms with E-state index in [2.05, 4.69) is 4.74 Å². The molecule has 0 fully saturated rings. The maximum atomic E-state index is 12.1. The highest BCUT2D eigenvalue weighted by atomic mass is 19.4. The zero-order valence-corrected chi connectivity index (χ0v) is 9.39. The van der Waals surface area contributed by atoms with Crippen molar-refractivity contribution in [2.24, 2.45) is 5.92 Å². The van der Waals surface area contributed by atoms with Crippen LogP contribution in [0.1, 0.15) is 13.8 Å². The summed E-state index contributed by atoms with van der Waals surface area (Å²) in [5.74, 6) is -1.89. The predicted octanol–water partition coefficient (Wildman–Crippen LogP) is 1.26. The van der Waals surface area contributed by atoms with Gasteiger partial charge in [0.2, 0.25) is 0 Å². The Bertz CT molecular complexity index is 243. The number of carboxylic acids is 1. The second kappa shape index (κ2) is 5.49. The van der Waals surface area contributed by atoms with Crippen molar-refractivity contribution in [3.05, 3.63) is 0 Å². The third-order valence-electron chi connectivity index (χ3n) is 2.34. The van der Waals surface area contributed by atoms with Gasteiger partial charge in [0.15, 0.2) is 0 Å². The van der Waals surface area contributed by atoms with Gasteiger partial charge in [0.1, 0.15) is 5.54 Å². The van der Waals surface area contributed by atoms with E-state index in [9.17, 15) is 18.0 Å². The number of alkyl halides is 3. The van der Waals surface area contributed by atoms with Gasteiger partial charge in [-0.05, 0) is 5.92 Å². The number of halogens is 3. The third-order valence-corrected chi connectivity index (χ3v) is 2.34. The van der Waals surface area contributed by atoms with Crippen LogP contribution < -0.4 is 5.32 Å². The molecule has 0 bridgehead atoms. The fourth-order valence-corrected chi connectivity index (χ4v) is 1.29. The van der Waals surface area contributed by atoms with E-state index in [4.69, 9.17) is 5.11 Å². The smallest absolute Gasteiger partial charge is 0.401 e. The zero-order chi connectivity index (χ0) is 13.0. The number of hydrogen-bond donors (Lipinski definition) is 2. The topological polar surface area (TPSA) is 58.6 Å².